The molecular weight excluding hydrogens is 509 g/mol. The van der Waals surface area contributed by atoms with Crippen molar-refractivity contribution in [1.82, 2.24) is 14.7 Å². The molecule has 1 saturated heterocycles. The van der Waals surface area contributed by atoms with Gasteiger partial charge in [0, 0.05) is 24.2 Å². The number of sulfonamides is 1. The van der Waals surface area contributed by atoms with Crippen LogP contribution in [0.2, 0.25) is 0 Å². The second-order valence-corrected chi connectivity index (χ2v) is 11.9. The van der Waals surface area contributed by atoms with E-state index >= 15 is 0 Å². The van der Waals surface area contributed by atoms with E-state index in [4.69, 9.17) is 15.5 Å². The number of nitrogens with two attached hydrogens (primary N) is 1. The van der Waals surface area contributed by atoms with Gasteiger partial charge in [-0.3, -0.25) is 4.79 Å². The first-order valence-electron chi connectivity index (χ1n) is 12.6. The number of nitrogens with one attached hydrogen (secondary N) is 1. The van der Waals surface area contributed by atoms with Gasteiger partial charge in [0.2, 0.25) is 0 Å². The van der Waals surface area contributed by atoms with E-state index < -0.39 is 21.7 Å². The minimum absolute atomic E-state index is 0.0203. The van der Waals surface area contributed by atoms with Gasteiger partial charge in [0.25, 0.3) is 15.9 Å². The number of aromatic nitrogens is 2. The number of hydrogen-bond acceptors (Lipinski definition) is 8. The van der Waals surface area contributed by atoms with Gasteiger partial charge in [0.05, 0.1) is 17.9 Å². The molecule has 5 rings (SSSR count). The maximum atomic E-state index is 14.5. The minimum Gasteiger partial charge on any atom is -0.493 e. The molecule has 1 unspecified atom stereocenters. The Morgan fingerprint density at radius 3 is 2.68 bits per heavy atom. The fraction of sp³-hybridized carbons (Fsp3) is 0.370. The highest BCUT2D eigenvalue weighted by atomic mass is 32.2. The summed E-state index contributed by atoms with van der Waals surface area (Å²) in [4.78, 5) is 24.0. The molecule has 2 bridgehead atoms. The normalized spacial score (nSPS) is 18.7. The molecule has 2 aliphatic rings. The van der Waals surface area contributed by atoms with Crippen LogP contribution >= 0.6 is 0 Å². The van der Waals surface area contributed by atoms with Gasteiger partial charge in [-0.05, 0) is 67.5 Å². The number of carbonyl (C=O) groups is 1. The number of anilines is 2. The number of fused-ring (bicyclic) bond motifs is 2. The molecule has 2 fully saturated rings. The van der Waals surface area contributed by atoms with Crippen LogP contribution in [0.4, 0.5) is 16.0 Å². The third-order valence-electron chi connectivity index (χ3n) is 6.80. The molecule has 0 radical (unpaired) electrons. The molecule has 3 heterocycles. The molecule has 2 atom stereocenters. The van der Waals surface area contributed by atoms with Crippen molar-refractivity contribution in [3.05, 3.63) is 59.9 Å². The smallest absolute Gasteiger partial charge is 0.281 e. The van der Waals surface area contributed by atoms with Gasteiger partial charge in [-0.15, -0.1) is 0 Å². The number of hydrogen-bond donors (Lipinski definition) is 2. The molecule has 1 aromatic carbocycles. The lowest BCUT2D eigenvalue weighted by Crippen LogP contribution is -2.37. The van der Waals surface area contributed by atoms with Gasteiger partial charge in [-0.1, -0.05) is 19.9 Å². The molecule has 3 N–H and O–H groups in total. The van der Waals surface area contributed by atoms with Crippen LogP contribution < -0.4 is 20.1 Å². The summed E-state index contributed by atoms with van der Waals surface area (Å²) < 4.78 is 48.0. The number of nitrogen functional groups attached to an aromatic ring is 1. The van der Waals surface area contributed by atoms with Gasteiger partial charge in [0.15, 0.2) is 5.03 Å². The minimum atomic E-state index is -4.27. The van der Waals surface area contributed by atoms with Crippen LogP contribution in [0.3, 0.4) is 0 Å². The maximum absolute atomic E-state index is 14.5. The van der Waals surface area contributed by atoms with Gasteiger partial charge >= 0.3 is 0 Å². The van der Waals surface area contributed by atoms with Crippen molar-refractivity contribution in [2.45, 2.75) is 44.2 Å². The lowest BCUT2D eigenvalue weighted by Gasteiger charge is -2.30. The zero-order valence-electron chi connectivity index (χ0n) is 21.2. The highest BCUT2D eigenvalue weighted by Gasteiger charge is 2.40. The molecule has 1 aliphatic heterocycles. The van der Waals surface area contributed by atoms with Crippen LogP contribution in [-0.4, -0.2) is 43.5 Å². The lowest BCUT2D eigenvalue weighted by molar-refractivity contribution is 0.0981. The quantitative estimate of drug-likeness (QED) is 0.440. The van der Waals surface area contributed by atoms with E-state index in [2.05, 4.69) is 14.6 Å². The number of amides is 1. The molecule has 1 saturated carbocycles. The molecule has 1 aliphatic carbocycles. The van der Waals surface area contributed by atoms with E-state index in [1.54, 1.807) is 12.1 Å². The van der Waals surface area contributed by atoms with E-state index in [0.29, 0.717) is 35.3 Å². The van der Waals surface area contributed by atoms with Crippen molar-refractivity contribution in [2.75, 3.05) is 23.8 Å². The fourth-order valence-electron chi connectivity index (χ4n) is 5.06. The summed E-state index contributed by atoms with van der Waals surface area (Å²) in [6.45, 7) is 5.17. The largest absolute Gasteiger partial charge is 0.493 e. The molecule has 9 nitrogen and oxygen atoms in total. The average molecular weight is 540 g/mol. The second-order valence-electron chi connectivity index (χ2n) is 10.3. The molecule has 0 spiro atoms. The van der Waals surface area contributed by atoms with Crippen molar-refractivity contribution in [1.29, 1.82) is 0 Å². The predicted molar refractivity (Wildman–Crippen MR) is 142 cm³/mol. The lowest BCUT2D eigenvalue weighted by atomic mass is 10.1. The Kier molecular flexibility index (Phi) is 6.95. The first-order valence-corrected chi connectivity index (χ1v) is 14.1. The Bertz CT molecular complexity index is 1480. The zero-order valence-corrected chi connectivity index (χ0v) is 22.0. The van der Waals surface area contributed by atoms with Crippen LogP contribution in [0, 0.1) is 17.7 Å². The summed E-state index contributed by atoms with van der Waals surface area (Å²) in [5, 5.41) is -0.356. The summed E-state index contributed by atoms with van der Waals surface area (Å²) in [5.41, 5.74) is 6.69. The first-order chi connectivity index (χ1) is 18.1. The number of benzene rings is 1. The number of pyridine rings is 2. The summed E-state index contributed by atoms with van der Waals surface area (Å²) in [6.07, 6.45) is 3.07. The van der Waals surface area contributed by atoms with Gasteiger partial charge < -0.3 is 15.4 Å². The highest BCUT2D eigenvalue weighted by molar-refractivity contribution is 7.90. The van der Waals surface area contributed by atoms with Gasteiger partial charge in [-0.25, -0.2) is 19.1 Å². The van der Waals surface area contributed by atoms with Crippen LogP contribution in [0.5, 0.6) is 5.75 Å². The number of carbonyl (C=O) groups excluding carboxylic acids is 1. The molecule has 1 amide bonds. The van der Waals surface area contributed by atoms with Crippen LogP contribution in [-0.2, 0) is 10.0 Å². The number of rotatable bonds is 8. The summed E-state index contributed by atoms with van der Waals surface area (Å²) in [6, 6.07) is 11.9. The summed E-state index contributed by atoms with van der Waals surface area (Å²) in [5.74, 6) is 0.252. The van der Waals surface area contributed by atoms with Gasteiger partial charge in [0.1, 0.15) is 23.2 Å². The maximum Gasteiger partial charge on any atom is 0.281 e. The monoisotopic (exact) mass is 539 g/mol. The Morgan fingerprint density at radius 1 is 1.18 bits per heavy atom. The highest BCUT2D eigenvalue weighted by Crippen LogP contribution is 2.41. The number of piperidine rings is 1. The molecular formula is C27H30FN5O4S. The Balaban J connectivity index is 1.51. The Hall–Kier alpha value is -3.73. The van der Waals surface area contributed by atoms with Crippen molar-refractivity contribution >= 4 is 27.6 Å². The van der Waals surface area contributed by atoms with Crippen LogP contribution in [0.1, 0.15) is 43.5 Å². The third-order valence-corrected chi connectivity index (χ3v) is 8.03. The standard InChI is InChI=1S/C27H30FN5O4S/c1-16(2)15-37-21-12-18(11-19(28)13-21)23-9-8-22(26(30-23)33-14-17-6-7-20(33)10-17)27(34)32-38(35,36)25-5-3-4-24(29)31-25/h3-5,8-9,11-13,16-17,20H,6-7,10,14-15H2,1-2H3,(H2,29,31)(H,32,34)/t17-,20?/m0/s1. The third kappa shape index (κ3) is 5.42. The molecule has 200 valence electrons. The Morgan fingerprint density at radius 2 is 2.00 bits per heavy atom. The van der Waals surface area contributed by atoms with E-state index in [1.165, 1.54) is 36.4 Å². The second kappa shape index (κ2) is 10.2. The number of halogens is 1. The summed E-state index contributed by atoms with van der Waals surface area (Å²) in [7, 11) is -4.27. The van der Waals surface area contributed by atoms with Crippen molar-refractivity contribution in [3.63, 3.8) is 0 Å². The molecule has 2 aromatic heterocycles. The van der Waals surface area contributed by atoms with Crippen molar-refractivity contribution in [3.8, 4) is 17.0 Å². The summed E-state index contributed by atoms with van der Waals surface area (Å²) >= 11 is 0. The SMILES string of the molecule is CC(C)COc1cc(F)cc(-c2ccc(C(=O)NS(=O)(=O)c3cccc(N)n3)c(N3C[C@H]4CCC3C4)n2)c1. The Labute approximate surface area is 221 Å². The predicted octanol–water partition coefficient (Wildman–Crippen LogP) is 4.01. The molecule has 3 aromatic rings. The molecule has 11 heteroatoms. The number of ether oxygens (including phenoxy) is 1. The first kappa shape index (κ1) is 25.9. The van der Waals surface area contributed by atoms with Crippen molar-refractivity contribution < 1.29 is 22.3 Å². The zero-order chi connectivity index (χ0) is 27.0. The van der Waals surface area contributed by atoms with E-state index in [1.807, 2.05) is 13.8 Å². The number of nitrogens with zero attached hydrogens (tertiary/aromatic N) is 3. The topological polar surface area (TPSA) is 128 Å². The van der Waals surface area contributed by atoms with Crippen LogP contribution in [0.15, 0.2) is 53.6 Å². The van der Waals surface area contributed by atoms with Gasteiger partial charge in [-0.2, -0.15) is 8.42 Å². The van der Waals surface area contributed by atoms with E-state index in [-0.39, 0.29) is 28.4 Å². The van der Waals surface area contributed by atoms with Crippen molar-refractivity contribution in [2.24, 2.45) is 11.8 Å². The van der Waals surface area contributed by atoms with E-state index in [9.17, 15) is 17.6 Å². The fourth-order valence-corrected chi connectivity index (χ4v) is 6.00. The molecule has 38 heavy (non-hydrogen) atoms. The van der Waals surface area contributed by atoms with Crippen LogP contribution in [0.25, 0.3) is 11.3 Å². The van der Waals surface area contributed by atoms with E-state index in [0.717, 1.165) is 25.8 Å². The average Bonchev–Trinajstić information content (AvgIpc) is 3.51.